The summed E-state index contributed by atoms with van der Waals surface area (Å²) in [6, 6.07) is 16.8. The first kappa shape index (κ1) is 13.3. The number of carbonyl (C=O) groups is 1. The van der Waals surface area contributed by atoms with Crippen LogP contribution in [0.15, 0.2) is 54.6 Å². The molecule has 1 amide bonds. The van der Waals surface area contributed by atoms with Crippen LogP contribution in [0.25, 0.3) is 0 Å². The molecule has 0 atom stereocenters. The fraction of sp³-hybridized carbons (Fsp3) is 0.188. The molecule has 0 spiro atoms. The van der Waals surface area contributed by atoms with Crippen molar-refractivity contribution in [2.75, 3.05) is 5.01 Å². The number of carbonyl (C=O) groups excluding carboxylic acids is 1. The quantitative estimate of drug-likeness (QED) is 0.519. The van der Waals surface area contributed by atoms with Gasteiger partial charge in [-0.2, -0.15) is 0 Å². The summed E-state index contributed by atoms with van der Waals surface area (Å²) < 4.78 is 0. The molecule has 2 aromatic rings. The second-order valence-corrected chi connectivity index (χ2v) is 4.79. The Labute approximate surface area is 113 Å². The molecule has 0 aliphatic heterocycles. The van der Waals surface area contributed by atoms with Gasteiger partial charge in [-0.15, -0.1) is 0 Å². The Kier molecular flexibility index (Phi) is 3.97. The van der Waals surface area contributed by atoms with Crippen molar-refractivity contribution in [3.63, 3.8) is 0 Å². The molecule has 0 bridgehead atoms. The van der Waals surface area contributed by atoms with Crippen LogP contribution in [0, 0.1) is 0 Å². The highest BCUT2D eigenvalue weighted by Crippen LogP contribution is 2.17. The highest BCUT2D eigenvalue weighted by atomic mass is 16.2. The van der Waals surface area contributed by atoms with E-state index in [0.717, 1.165) is 0 Å². The second-order valence-electron chi connectivity index (χ2n) is 4.79. The number of nitrogens with zero attached hydrogens (tertiary/aromatic N) is 1. The topological polar surface area (TPSA) is 46.3 Å². The summed E-state index contributed by atoms with van der Waals surface area (Å²) in [5.74, 6) is 6.10. The Hall–Kier alpha value is -2.13. The minimum Gasteiger partial charge on any atom is -0.267 e. The predicted molar refractivity (Wildman–Crippen MR) is 78.0 cm³/mol. The van der Waals surface area contributed by atoms with Crippen molar-refractivity contribution in [3.8, 4) is 0 Å². The zero-order valence-corrected chi connectivity index (χ0v) is 11.2. The molecule has 0 aromatic heterocycles. The van der Waals surface area contributed by atoms with Gasteiger partial charge >= 0.3 is 0 Å². The molecule has 98 valence electrons. The average Bonchev–Trinajstić information content (AvgIpc) is 2.46. The van der Waals surface area contributed by atoms with E-state index in [9.17, 15) is 4.79 Å². The van der Waals surface area contributed by atoms with Crippen molar-refractivity contribution in [2.45, 2.75) is 19.8 Å². The Morgan fingerprint density at radius 1 is 1.00 bits per heavy atom. The normalized spacial score (nSPS) is 10.5. The summed E-state index contributed by atoms with van der Waals surface area (Å²) >= 11 is 0. The third kappa shape index (κ3) is 3.01. The van der Waals surface area contributed by atoms with Gasteiger partial charge in [0.2, 0.25) is 0 Å². The molecule has 3 nitrogen and oxygen atoms in total. The summed E-state index contributed by atoms with van der Waals surface area (Å²) in [7, 11) is 0. The summed E-state index contributed by atoms with van der Waals surface area (Å²) in [6.45, 7) is 4.24. The van der Waals surface area contributed by atoms with Crippen molar-refractivity contribution in [1.29, 1.82) is 0 Å². The maximum atomic E-state index is 12.2. The molecule has 3 heteroatoms. The fourth-order valence-electron chi connectivity index (χ4n) is 1.86. The molecule has 2 N–H and O–H groups in total. The Morgan fingerprint density at radius 2 is 1.58 bits per heavy atom. The first-order chi connectivity index (χ1) is 9.09. The largest absolute Gasteiger partial charge is 0.272 e. The first-order valence-electron chi connectivity index (χ1n) is 6.33. The van der Waals surface area contributed by atoms with Gasteiger partial charge in [0.05, 0.1) is 5.69 Å². The average molecular weight is 254 g/mol. The minimum absolute atomic E-state index is 0.207. The number of anilines is 1. The fourth-order valence-corrected chi connectivity index (χ4v) is 1.86. The molecule has 2 rings (SSSR count). The number of hydrogen-bond donors (Lipinski definition) is 1. The predicted octanol–water partition coefficient (Wildman–Crippen LogP) is 3.33. The van der Waals surface area contributed by atoms with Crippen LogP contribution in [0.4, 0.5) is 5.69 Å². The van der Waals surface area contributed by atoms with Gasteiger partial charge in [0.25, 0.3) is 5.91 Å². The summed E-state index contributed by atoms with van der Waals surface area (Å²) in [5, 5.41) is 1.17. The molecule has 0 saturated heterocycles. The van der Waals surface area contributed by atoms with Gasteiger partial charge < -0.3 is 0 Å². The van der Waals surface area contributed by atoms with Crippen LogP contribution in [0.2, 0.25) is 0 Å². The number of nitrogens with two attached hydrogens (primary N) is 1. The third-order valence-electron chi connectivity index (χ3n) is 3.08. The zero-order valence-electron chi connectivity index (χ0n) is 11.2. The number of para-hydroxylation sites is 1. The van der Waals surface area contributed by atoms with E-state index in [2.05, 4.69) is 13.8 Å². The number of rotatable bonds is 3. The van der Waals surface area contributed by atoms with Crippen LogP contribution in [0.1, 0.15) is 35.7 Å². The van der Waals surface area contributed by atoms with Crippen LogP contribution >= 0.6 is 0 Å². The number of amides is 1. The molecule has 0 unspecified atom stereocenters. The molecule has 0 aliphatic carbocycles. The van der Waals surface area contributed by atoms with Crippen LogP contribution < -0.4 is 10.9 Å². The molecule has 0 fully saturated rings. The van der Waals surface area contributed by atoms with E-state index >= 15 is 0 Å². The second kappa shape index (κ2) is 5.67. The van der Waals surface area contributed by atoms with Gasteiger partial charge in [0.1, 0.15) is 0 Å². The van der Waals surface area contributed by atoms with E-state index in [1.807, 2.05) is 42.5 Å². The third-order valence-corrected chi connectivity index (χ3v) is 3.08. The van der Waals surface area contributed by atoms with Gasteiger partial charge in [0.15, 0.2) is 0 Å². The van der Waals surface area contributed by atoms with E-state index in [4.69, 9.17) is 5.84 Å². The monoisotopic (exact) mass is 254 g/mol. The highest BCUT2D eigenvalue weighted by Gasteiger charge is 2.14. The minimum atomic E-state index is -0.207. The maximum absolute atomic E-state index is 12.2. The molecule has 0 aliphatic rings. The van der Waals surface area contributed by atoms with Crippen LogP contribution in [0.3, 0.4) is 0 Å². The van der Waals surface area contributed by atoms with Crippen LogP contribution in [-0.4, -0.2) is 5.91 Å². The Balaban J connectivity index is 2.20. The van der Waals surface area contributed by atoms with Crippen molar-refractivity contribution in [2.24, 2.45) is 5.84 Å². The van der Waals surface area contributed by atoms with E-state index in [1.165, 1.54) is 10.6 Å². The van der Waals surface area contributed by atoms with E-state index in [-0.39, 0.29) is 5.91 Å². The maximum Gasteiger partial charge on any atom is 0.272 e. The molecule has 19 heavy (non-hydrogen) atoms. The van der Waals surface area contributed by atoms with E-state index < -0.39 is 0 Å². The van der Waals surface area contributed by atoms with E-state index in [1.54, 1.807) is 12.1 Å². The molecule has 0 saturated carbocycles. The summed E-state index contributed by atoms with van der Waals surface area (Å²) in [4.78, 5) is 12.2. The van der Waals surface area contributed by atoms with Crippen molar-refractivity contribution < 1.29 is 4.79 Å². The SMILES string of the molecule is CC(C)c1ccc(C(=O)N(N)c2ccccc2)cc1. The summed E-state index contributed by atoms with van der Waals surface area (Å²) in [5.41, 5.74) is 2.48. The number of hydrazine groups is 1. The van der Waals surface area contributed by atoms with Crippen LogP contribution in [-0.2, 0) is 0 Å². The lowest BCUT2D eigenvalue weighted by molar-refractivity contribution is 0.0987. The Bertz CT molecular complexity index is 547. The molecular weight excluding hydrogens is 236 g/mol. The van der Waals surface area contributed by atoms with Gasteiger partial charge in [-0.3, -0.25) is 4.79 Å². The summed E-state index contributed by atoms with van der Waals surface area (Å²) in [6.07, 6.45) is 0. The molecule has 0 radical (unpaired) electrons. The standard InChI is InChI=1S/C16H18N2O/c1-12(2)13-8-10-14(11-9-13)16(19)18(17)15-6-4-3-5-7-15/h3-12H,17H2,1-2H3. The first-order valence-corrected chi connectivity index (χ1v) is 6.33. The van der Waals surface area contributed by atoms with Gasteiger partial charge in [-0.25, -0.2) is 10.9 Å². The van der Waals surface area contributed by atoms with E-state index in [0.29, 0.717) is 17.2 Å². The van der Waals surface area contributed by atoms with Crippen molar-refractivity contribution in [1.82, 2.24) is 0 Å². The zero-order chi connectivity index (χ0) is 13.8. The molecular formula is C16H18N2O. The smallest absolute Gasteiger partial charge is 0.267 e. The molecule has 2 aromatic carbocycles. The van der Waals surface area contributed by atoms with Gasteiger partial charge in [-0.1, -0.05) is 44.2 Å². The number of hydrogen-bond acceptors (Lipinski definition) is 2. The lowest BCUT2D eigenvalue weighted by atomic mass is 10.0. The number of benzene rings is 2. The molecule has 0 heterocycles. The van der Waals surface area contributed by atoms with Gasteiger partial charge in [-0.05, 0) is 35.7 Å². The lowest BCUT2D eigenvalue weighted by Gasteiger charge is -2.17. The highest BCUT2D eigenvalue weighted by molar-refractivity contribution is 6.05. The van der Waals surface area contributed by atoms with Crippen molar-refractivity contribution >= 4 is 11.6 Å². The Morgan fingerprint density at radius 3 is 2.11 bits per heavy atom. The van der Waals surface area contributed by atoms with Crippen LogP contribution in [0.5, 0.6) is 0 Å². The van der Waals surface area contributed by atoms with Gasteiger partial charge in [0, 0.05) is 5.56 Å². The lowest BCUT2D eigenvalue weighted by Crippen LogP contribution is -2.37. The van der Waals surface area contributed by atoms with Crippen molar-refractivity contribution in [3.05, 3.63) is 65.7 Å².